The third-order valence-corrected chi connectivity index (χ3v) is 8.73. The average molecular weight is 853 g/mol. The maximum atomic E-state index is 11.7. The van der Waals surface area contributed by atoms with Crippen molar-refractivity contribution in [3.8, 4) is 35.1 Å². The van der Waals surface area contributed by atoms with E-state index in [1.54, 1.807) is 0 Å². The van der Waals surface area contributed by atoms with Gasteiger partial charge in [0.2, 0.25) is 5.88 Å². The van der Waals surface area contributed by atoms with Crippen LogP contribution in [0.2, 0.25) is 0 Å². The summed E-state index contributed by atoms with van der Waals surface area (Å²) in [6, 6.07) is 9.41. The number of carboxylic acid groups (broad SMARTS) is 4. The van der Waals surface area contributed by atoms with Crippen LogP contribution in [0.4, 0.5) is 40.3 Å². The largest absolute Gasteiger partial charge is 0.493 e. The quantitative estimate of drug-likeness (QED) is 0.0643. The molecule has 27 heteroatoms. The summed E-state index contributed by atoms with van der Waals surface area (Å²) in [5.74, 6) is -7.50. The fourth-order valence-corrected chi connectivity index (χ4v) is 5.82. The molecule has 0 atom stereocenters. The Bertz CT molecular complexity index is 2980. The molecule has 0 unspecified atom stereocenters. The van der Waals surface area contributed by atoms with Gasteiger partial charge in [0.15, 0.2) is 40.5 Å². The minimum Gasteiger partial charge on any atom is -0.493 e. The van der Waals surface area contributed by atoms with Crippen molar-refractivity contribution in [2.24, 2.45) is 20.5 Å². The number of carbonyl (C=O) groups is 4. The van der Waals surface area contributed by atoms with Crippen LogP contribution in [0.1, 0.15) is 58.4 Å². The smallest absolute Gasteiger partial charge is 0.335 e. The molecule has 5 heterocycles. The molecule has 0 fully saturated rings. The first-order valence-electron chi connectivity index (χ1n) is 17.3. The summed E-state index contributed by atoms with van der Waals surface area (Å²) in [7, 11) is 0. The molecule has 0 radical (unpaired) electrons. The van der Waals surface area contributed by atoms with Gasteiger partial charge in [-0.15, -0.1) is 20.5 Å². The Morgan fingerprint density at radius 2 is 1.13 bits per heavy atom. The third kappa shape index (κ3) is 7.63. The molecule has 0 spiro atoms. The van der Waals surface area contributed by atoms with Gasteiger partial charge < -0.3 is 37.0 Å². The van der Waals surface area contributed by atoms with Gasteiger partial charge in [-0.2, -0.15) is 45.0 Å². The van der Waals surface area contributed by atoms with E-state index < -0.39 is 29.8 Å². The maximum Gasteiger partial charge on any atom is 0.335 e. The fraction of sp³-hybridized carbons (Fsp3) is 0.0556. The van der Waals surface area contributed by atoms with Crippen molar-refractivity contribution < 1.29 is 44.7 Å². The summed E-state index contributed by atoms with van der Waals surface area (Å²) in [4.78, 5) is 58.7. The average Bonchev–Trinajstić information content (AvgIpc) is 4.01. The van der Waals surface area contributed by atoms with Crippen LogP contribution in [0.3, 0.4) is 0 Å². The number of anilines is 2. The molecule has 0 saturated heterocycles. The topological polar surface area (TPSA) is 396 Å². The van der Waals surface area contributed by atoms with E-state index in [1.165, 1.54) is 13.8 Å². The summed E-state index contributed by atoms with van der Waals surface area (Å²) < 4.78 is 4.11. The molecule has 0 aliphatic heterocycles. The molecule has 7 aromatic rings. The number of aromatic hydroxyl groups is 1. The zero-order chi connectivity index (χ0) is 45.4. The Kier molecular flexibility index (Phi) is 10.3. The lowest BCUT2D eigenvalue weighted by Gasteiger charge is -2.08. The zero-order valence-corrected chi connectivity index (χ0v) is 31.9. The van der Waals surface area contributed by atoms with Crippen LogP contribution in [0.5, 0.6) is 5.88 Å². The zero-order valence-electron chi connectivity index (χ0n) is 31.9. The van der Waals surface area contributed by atoms with Gasteiger partial charge in [-0.3, -0.25) is 0 Å². The number of carboxylic acids is 4. The number of azo groups is 2. The van der Waals surface area contributed by atoms with Crippen molar-refractivity contribution in [3.63, 3.8) is 0 Å². The number of hydrogen-bond donors (Lipinski definition) is 7. The number of benzene rings is 2. The number of aromatic carboxylic acids is 4. The molecule has 0 bridgehead atoms. The van der Waals surface area contributed by atoms with Crippen LogP contribution in [-0.4, -0.2) is 98.5 Å². The lowest BCUT2D eigenvalue weighted by molar-refractivity contribution is 0.0676. The number of hydrogen-bond acceptors (Lipinski definition) is 18. The molecule has 0 aliphatic rings. The van der Waals surface area contributed by atoms with E-state index in [-0.39, 0.29) is 103 Å². The van der Waals surface area contributed by atoms with Crippen LogP contribution in [0, 0.1) is 31.8 Å². The van der Waals surface area contributed by atoms with Crippen LogP contribution in [-0.2, 0) is 0 Å². The van der Waals surface area contributed by atoms with Crippen LogP contribution < -0.4 is 11.5 Å². The van der Waals surface area contributed by atoms with E-state index in [0.717, 1.165) is 73.6 Å². The molecular weight excluding hydrogens is 829 g/mol. The molecule has 0 aliphatic carbocycles. The second kappa shape index (κ2) is 15.9. The third-order valence-electron chi connectivity index (χ3n) is 8.73. The van der Waals surface area contributed by atoms with Crippen molar-refractivity contribution in [3.05, 3.63) is 105 Å². The summed E-state index contributed by atoms with van der Waals surface area (Å²) >= 11 is 0. The molecule has 27 nitrogen and oxygen atoms in total. The fourth-order valence-electron chi connectivity index (χ4n) is 5.82. The lowest BCUT2D eigenvalue weighted by Crippen LogP contribution is -2.11. The summed E-state index contributed by atoms with van der Waals surface area (Å²) in [5, 5.41) is 92.0. The molecule has 2 aromatic carbocycles. The number of nitrogens with two attached hydrogens (primary N) is 2. The van der Waals surface area contributed by atoms with Gasteiger partial charge in [-0.25, -0.2) is 33.4 Å². The predicted octanol–water partition coefficient (Wildman–Crippen LogP) is 4.75. The number of aryl methyl sites for hydroxylation is 2. The normalized spacial score (nSPS) is 11.2. The van der Waals surface area contributed by atoms with Gasteiger partial charge >= 0.3 is 23.9 Å². The van der Waals surface area contributed by atoms with E-state index in [1.807, 2.05) is 6.07 Å². The van der Waals surface area contributed by atoms with Crippen LogP contribution >= 0.6 is 0 Å². The van der Waals surface area contributed by atoms with E-state index in [4.69, 9.17) is 18.0 Å². The molecule has 5 aromatic heterocycles. The van der Waals surface area contributed by atoms with Crippen molar-refractivity contribution >= 4 is 64.2 Å². The van der Waals surface area contributed by atoms with E-state index in [2.05, 4.69) is 55.7 Å². The minimum atomic E-state index is -1.42. The highest BCUT2D eigenvalue weighted by molar-refractivity contribution is 5.96. The summed E-state index contributed by atoms with van der Waals surface area (Å²) in [6.45, 7) is 10.6. The van der Waals surface area contributed by atoms with E-state index >= 15 is 0 Å². The Labute approximate surface area is 349 Å². The Hall–Kier alpha value is -10.2. The molecule has 0 saturated carbocycles. The van der Waals surface area contributed by atoms with Crippen molar-refractivity contribution in [2.75, 3.05) is 11.5 Å². The number of nitrogen functional groups attached to an aromatic ring is 2. The monoisotopic (exact) mass is 852 g/mol. The number of nitriles is 1. The highest BCUT2D eigenvalue weighted by Crippen LogP contribution is 2.37. The van der Waals surface area contributed by atoms with Crippen molar-refractivity contribution in [1.82, 2.24) is 49.1 Å². The minimum absolute atomic E-state index is 0.0363. The standard InChI is InChI=1S/C36H24N18O9/c1-14-26(46-48-31-23(40-3)13-42-52(31)22-8-18(34(60)61)5-19(9-22)35(62)63)28(38)53(49-14)24-10-25(55)44-36(43-24)54-29(39)27(15(2)50-54)45-47-30-20(11-37)12-41-51(30)21-6-16(32(56)57)4-17(7-21)33(58)59/h4-10,12-13H,38-39H2,1-2H3,(H,56,57)(H,58,59)(H,60,61)(H,62,63)(H,43,44,55). The Morgan fingerprint density at radius 1 is 0.667 bits per heavy atom. The molecule has 7 rings (SSSR count). The molecule has 312 valence electrons. The molecular formula is C36H24N18O9. The SMILES string of the molecule is [C-]#[N+]c1cnn(-c2cc(C(=O)O)cc(C(=O)O)c2)c1N=Nc1c(C)nn(-c2cc(O)nc(-n3nc(C)c(N=Nc4c(C#N)cnn4-c4cc(C(=O)O)cc(C(=O)O)c4)c3N)n2)c1N. The van der Waals surface area contributed by atoms with Gasteiger partial charge in [-0.1, -0.05) is 0 Å². The van der Waals surface area contributed by atoms with Gasteiger partial charge in [0.1, 0.15) is 11.6 Å². The molecule has 0 amide bonds. The Morgan fingerprint density at radius 3 is 1.62 bits per heavy atom. The van der Waals surface area contributed by atoms with Gasteiger partial charge in [-0.05, 0) is 50.2 Å². The molecule has 9 N–H and O–H groups in total. The molecule has 63 heavy (non-hydrogen) atoms. The van der Waals surface area contributed by atoms with Gasteiger partial charge in [0.25, 0.3) is 11.6 Å². The first-order valence-corrected chi connectivity index (χ1v) is 17.3. The van der Waals surface area contributed by atoms with E-state index in [0.29, 0.717) is 0 Å². The number of aromatic nitrogens is 10. The van der Waals surface area contributed by atoms with Crippen molar-refractivity contribution in [1.29, 1.82) is 5.26 Å². The first kappa shape index (κ1) is 41.0. The maximum absolute atomic E-state index is 11.7. The highest BCUT2D eigenvalue weighted by Gasteiger charge is 2.23. The number of nitrogens with zero attached hydrogens (tertiary/aromatic N) is 16. The highest BCUT2D eigenvalue weighted by atomic mass is 16.4. The summed E-state index contributed by atoms with van der Waals surface area (Å²) in [6.07, 6.45) is 2.23. The van der Waals surface area contributed by atoms with Gasteiger partial charge in [0, 0.05) is 6.07 Å². The Balaban J connectivity index is 1.23. The second-order valence-electron chi connectivity index (χ2n) is 12.8. The van der Waals surface area contributed by atoms with Gasteiger partial charge in [0.05, 0.1) is 64.0 Å². The van der Waals surface area contributed by atoms with Crippen LogP contribution in [0.25, 0.3) is 28.0 Å². The van der Waals surface area contributed by atoms with Crippen molar-refractivity contribution in [2.45, 2.75) is 13.8 Å². The van der Waals surface area contributed by atoms with Crippen LogP contribution in [0.15, 0.2) is 75.3 Å². The second-order valence-corrected chi connectivity index (χ2v) is 12.8. The summed E-state index contributed by atoms with van der Waals surface area (Å²) in [5.41, 5.74) is 11.2. The number of rotatable bonds is 12. The van der Waals surface area contributed by atoms with E-state index in [9.17, 15) is 50.0 Å². The first-order chi connectivity index (χ1) is 30.0. The predicted molar refractivity (Wildman–Crippen MR) is 211 cm³/mol. The lowest BCUT2D eigenvalue weighted by atomic mass is 10.1.